The van der Waals surface area contributed by atoms with E-state index in [9.17, 15) is 9.59 Å². The fourth-order valence-corrected chi connectivity index (χ4v) is 3.38. The van der Waals surface area contributed by atoms with E-state index >= 15 is 0 Å². The molecule has 0 heterocycles. The van der Waals surface area contributed by atoms with Crippen LogP contribution in [0.5, 0.6) is 5.75 Å². The lowest BCUT2D eigenvalue weighted by Crippen LogP contribution is -2.47. The predicted octanol–water partition coefficient (Wildman–Crippen LogP) is 3.41. The maximum Gasteiger partial charge on any atom is 0.244 e. The molecule has 6 heteroatoms. The minimum atomic E-state index is -0.643. The summed E-state index contributed by atoms with van der Waals surface area (Å²) in [5.41, 5.74) is 2.00. The molecule has 2 aromatic carbocycles. The number of methoxy groups -OCH3 is 1. The van der Waals surface area contributed by atoms with Gasteiger partial charge in [-0.05, 0) is 49.3 Å². The number of amides is 2. The third kappa shape index (κ3) is 7.57. The van der Waals surface area contributed by atoms with Gasteiger partial charge in [0, 0.05) is 12.6 Å². The number of hydrogen-bond acceptors (Lipinski definition) is 4. The topological polar surface area (TPSA) is 70.7 Å². The van der Waals surface area contributed by atoms with E-state index in [1.54, 1.807) is 20.1 Å². The number of nitrogens with one attached hydrogen (secondary N) is 2. The molecule has 2 unspecified atom stereocenters. The summed E-state index contributed by atoms with van der Waals surface area (Å²) in [6, 6.07) is 16.8. The smallest absolute Gasteiger partial charge is 0.244 e. The molecule has 0 fully saturated rings. The van der Waals surface area contributed by atoms with E-state index < -0.39 is 6.04 Å². The number of hydrogen-bond donors (Lipinski definition) is 2. The minimum absolute atomic E-state index is 0.00919. The summed E-state index contributed by atoms with van der Waals surface area (Å²) in [5, 5.41) is 5.70. The van der Waals surface area contributed by atoms with E-state index in [1.165, 1.54) is 6.08 Å². The lowest BCUT2D eigenvalue weighted by molar-refractivity contribution is -0.126. The first-order valence-electron chi connectivity index (χ1n) is 10.7. The van der Waals surface area contributed by atoms with Gasteiger partial charge in [-0.25, -0.2) is 0 Å². The fraction of sp³-hybridized carbons (Fsp3) is 0.360. The lowest BCUT2D eigenvalue weighted by Gasteiger charge is -2.31. The van der Waals surface area contributed by atoms with Gasteiger partial charge in [0.05, 0.1) is 13.2 Å². The van der Waals surface area contributed by atoms with E-state index in [2.05, 4.69) is 29.4 Å². The fourth-order valence-electron chi connectivity index (χ4n) is 3.38. The third-order valence-electron chi connectivity index (χ3n) is 5.18. The minimum Gasteiger partial charge on any atom is -0.497 e. The van der Waals surface area contributed by atoms with Gasteiger partial charge in [0.2, 0.25) is 11.8 Å². The molecule has 0 saturated heterocycles. The van der Waals surface area contributed by atoms with Crippen LogP contribution in [0.15, 0.2) is 60.7 Å². The van der Waals surface area contributed by atoms with Crippen molar-refractivity contribution in [2.24, 2.45) is 0 Å². The molecule has 2 amide bonds. The van der Waals surface area contributed by atoms with E-state index in [0.717, 1.165) is 30.0 Å². The highest BCUT2D eigenvalue weighted by Gasteiger charge is 2.21. The van der Waals surface area contributed by atoms with Crippen LogP contribution in [0.25, 0.3) is 6.08 Å². The number of benzene rings is 2. The molecule has 0 aromatic heterocycles. The van der Waals surface area contributed by atoms with Crippen molar-refractivity contribution in [1.82, 2.24) is 15.5 Å². The highest BCUT2D eigenvalue weighted by molar-refractivity contribution is 5.95. The van der Waals surface area contributed by atoms with Crippen molar-refractivity contribution in [2.45, 2.75) is 32.9 Å². The molecule has 6 nitrogen and oxygen atoms in total. The highest BCUT2D eigenvalue weighted by Crippen LogP contribution is 2.23. The normalized spacial score (nSPS) is 13.1. The van der Waals surface area contributed by atoms with Crippen LogP contribution >= 0.6 is 0 Å². The van der Waals surface area contributed by atoms with Crippen molar-refractivity contribution < 1.29 is 14.3 Å². The Bertz CT molecular complexity index is 863. The molecule has 2 rings (SSSR count). The first kappa shape index (κ1) is 24.2. The Morgan fingerprint density at radius 1 is 1.06 bits per heavy atom. The van der Waals surface area contributed by atoms with Crippen LogP contribution in [0.4, 0.5) is 0 Å². The molecule has 2 aromatic rings. The van der Waals surface area contributed by atoms with Crippen LogP contribution in [0.3, 0.4) is 0 Å². The summed E-state index contributed by atoms with van der Waals surface area (Å²) in [4.78, 5) is 27.1. The Hall–Kier alpha value is -3.12. The number of carbonyl (C=O) groups excluding carboxylic acids is 2. The lowest BCUT2D eigenvalue weighted by atomic mass is 10.0. The maximum absolute atomic E-state index is 12.6. The zero-order valence-corrected chi connectivity index (χ0v) is 18.8. The number of rotatable bonds is 11. The Morgan fingerprint density at radius 3 is 2.42 bits per heavy atom. The summed E-state index contributed by atoms with van der Waals surface area (Å²) >= 11 is 0. The van der Waals surface area contributed by atoms with Gasteiger partial charge in [-0.3, -0.25) is 14.5 Å². The number of nitrogens with zero attached hydrogens (tertiary/aromatic N) is 1. The zero-order valence-electron chi connectivity index (χ0n) is 18.8. The van der Waals surface area contributed by atoms with Crippen LogP contribution in [0.2, 0.25) is 0 Å². The number of likely N-dealkylation sites (N-methyl/N-ethyl adjacent to an activating group) is 1. The van der Waals surface area contributed by atoms with Gasteiger partial charge in [-0.1, -0.05) is 56.3 Å². The monoisotopic (exact) mass is 423 g/mol. The summed E-state index contributed by atoms with van der Waals surface area (Å²) in [6.45, 7) is 8.02. The predicted molar refractivity (Wildman–Crippen MR) is 125 cm³/mol. The van der Waals surface area contributed by atoms with Gasteiger partial charge in [0.25, 0.3) is 0 Å². The summed E-state index contributed by atoms with van der Waals surface area (Å²) < 4.78 is 5.35. The van der Waals surface area contributed by atoms with Gasteiger partial charge in [0.1, 0.15) is 11.8 Å². The van der Waals surface area contributed by atoms with Gasteiger partial charge < -0.3 is 15.4 Å². The molecule has 0 spiro atoms. The van der Waals surface area contributed by atoms with Crippen molar-refractivity contribution in [2.75, 3.05) is 26.7 Å². The molecular weight excluding hydrogens is 390 g/mol. The molecule has 0 aliphatic carbocycles. The van der Waals surface area contributed by atoms with E-state index in [4.69, 9.17) is 4.74 Å². The van der Waals surface area contributed by atoms with Crippen molar-refractivity contribution in [3.8, 4) is 5.75 Å². The molecule has 166 valence electrons. The average molecular weight is 424 g/mol. The summed E-state index contributed by atoms with van der Waals surface area (Å²) in [6.07, 6.45) is 3.16. The van der Waals surface area contributed by atoms with Crippen molar-refractivity contribution >= 4 is 17.9 Å². The summed E-state index contributed by atoms with van der Waals surface area (Å²) in [7, 11) is 1.64. The standard InChI is InChI=1S/C25H33N3O3/c1-5-28(6-2)23(21-13-10-14-22(17-21)31-4)18-26-25(30)19(3)27-24(29)16-15-20-11-8-7-9-12-20/h7-17,19,23H,5-6,18H2,1-4H3,(H,26,30)(H,27,29). The maximum atomic E-state index is 12.6. The van der Waals surface area contributed by atoms with Crippen LogP contribution in [0.1, 0.15) is 37.9 Å². The van der Waals surface area contributed by atoms with Gasteiger partial charge in [-0.15, -0.1) is 0 Å². The highest BCUT2D eigenvalue weighted by atomic mass is 16.5. The quantitative estimate of drug-likeness (QED) is 0.544. The SMILES string of the molecule is CCN(CC)C(CNC(=O)C(C)NC(=O)C=Cc1ccccc1)c1cccc(OC)c1. The van der Waals surface area contributed by atoms with Crippen LogP contribution < -0.4 is 15.4 Å². The molecule has 2 N–H and O–H groups in total. The molecule has 2 atom stereocenters. The Labute approximate surface area is 185 Å². The first-order valence-corrected chi connectivity index (χ1v) is 10.7. The van der Waals surface area contributed by atoms with Crippen molar-refractivity contribution in [3.05, 3.63) is 71.8 Å². The molecule has 0 radical (unpaired) electrons. The second-order valence-electron chi connectivity index (χ2n) is 7.23. The van der Waals surface area contributed by atoms with Crippen LogP contribution in [-0.4, -0.2) is 49.5 Å². The van der Waals surface area contributed by atoms with Crippen molar-refractivity contribution in [1.29, 1.82) is 0 Å². The zero-order chi connectivity index (χ0) is 22.6. The van der Waals surface area contributed by atoms with Gasteiger partial charge in [0.15, 0.2) is 0 Å². The second-order valence-corrected chi connectivity index (χ2v) is 7.23. The molecule has 0 aliphatic heterocycles. The molecule has 0 bridgehead atoms. The molecule has 31 heavy (non-hydrogen) atoms. The van der Waals surface area contributed by atoms with E-state index in [1.807, 2.05) is 54.6 Å². The Kier molecular flexibility index (Phi) is 9.78. The average Bonchev–Trinajstić information content (AvgIpc) is 2.80. The largest absolute Gasteiger partial charge is 0.497 e. The number of carbonyl (C=O) groups is 2. The second kappa shape index (κ2) is 12.5. The van der Waals surface area contributed by atoms with Crippen LogP contribution in [-0.2, 0) is 9.59 Å². The van der Waals surface area contributed by atoms with Gasteiger partial charge >= 0.3 is 0 Å². The Balaban J connectivity index is 1.97. The molecule has 0 aliphatic rings. The van der Waals surface area contributed by atoms with E-state index in [-0.39, 0.29) is 17.9 Å². The summed E-state index contributed by atoms with van der Waals surface area (Å²) in [5.74, 6) is 0.257. The molecule has 0 saturated carbocycles. The Morgan fingerprint density at radius 2 is 1.77 bits per heavy atom. The van der Waals surface area contributed by atoms with Gasteiger partial charge in [-0.2, -0.15) is 0 Å². The first-order chi connectivity index (χ1) is 15.0. The molecular formula is C25H33N3O3. The van der Waals surface area contributed by atoms with E-state index in [0.29, 0.717) is 6.54 Å². The van der Waals surface area contributed by atoms with Crippen LogP contribution in [0, 0.1) is 0 Å². The number of ether oxygens (including phenoxy) is 1. The third-order valence-corrected chi connectivity index (χ3v) is 5.18. The van der Waals surface area contributed by atoms with Crippen molar-refractivity contribution in [3.63, 3.8) is 0 Å².